The van der Waals surface area contributed by atoms with E-state index in [4.69, 9.17) is 10.8 Å². The second kappa shape index (κ2) is 5.31. The Morgan fingerprint density at radius 3 is 2.92 bits per heavy atom. The molecule has 0 aromatic carbocycles. The molecule has 72 valence electrons. The van der Waals surface area contributed by atoms with E-state index in [1.165, 1.54) is 6.20 Å². The number of nitrogen functional groups attached to an aromatic ring is 1. The molecule has 0 aliphatic heterocycles. The Kier molecular flexibility index (Phi) is 3.98. The molecule has 0 bridgehead atoms. The first-order chi connectivity index (χ1) is 6.33. The molecule has 1 aromatic rings. The first kappa shape index (κ1) is 9.73. The molecule has 0 radical (unpaired) electrons. The van der Waals surface area contributed by atoms with Crippen molar-refractivity contribution in [2.45, 2.75) is 12.8 Å². The van der Waals surface area contributed by atoms with E-state index in [0.29, 0.717) is 11.6 Å². The van der Waals surface area contributed by atoms with Crippen LogP contribution in [0.2, 0.25) is 0 Å². The second-order valence-corrected chi connectivity index (χ2v) is 2.69. The molecule has 5 nitrogen and oxygen atoms in total. The van der Waals surface area contributed by atoms with Crippen molar-refractivity contribution in [3.8, 4) is 0 Å². The van der Waals surface area contributed by atoms with E-state index in [1.54, 1.807) is 6.20 Å². The van der Waals surface area contributed by atoms with E-state index in [9.17, 15) is 0 Å². The van der Waals surface area contributed by atoms with Crippen molar-refractivity contribution < 1.29 is 5.11 Å². The molecule has 0 atom stereocenters. The van der Waals surface area contributed by atoms with Crippen molar-refractivity contribution in [3.05, 3.63) is 12.4 Å². The third-order valence-corrected chi connectivity index (χ3v) is 1.54. The van der Waals surface area contributed by atoms with Gasteiger partial charge in [-0.05, 0) is 12.8 Å². The molecule has 1 rings (SSSR count). The van der Waals surface area contributed by atoms with Gasteiger partial charge in [-0.1, -0.05) is 0 Å². The number of aliphatic hydroxyl groups is 1. The SMILES string of the molecule is Nc1cncc(NCCCCO)n1. The van der Waals surface area contributed by atoms with Gasteiger partial charge in [0.1, 0.15) is 11.6 Å². The first-order valence-corrected chi connectivity index (χ1v) is 4.25. The Hall–Kier alpha value is -1.36. The molecule has 1 aromatic heterocycles. The molecular formula is C8H14N4O. The molecule has 0 saturated heterocycles. The van der Waals surface area contributed by atoms with E-state index in [-0.39, 0.29) is 6.61 Å². The summed E-state index contributed by atoms with van der Waals surface area (Å²) < 4.78 is 0. The van der Waals surface area contributed by atoms with Gasteiger partial charge in [0.25, 0.3) is 0 Å². The lowest BCUT2D eigenvalue weighted by molar-refractivity contribution is 0.286. The largest absolute Gasteiger partial charge is 0.396 e. The second-order valence-electron chi connectivity index (χ2n) is 2.69. The lowest BCUT2D eigenvalue weighted by atomic mass is 10.3. The molecule has 0 aliphatic carbocycles. The molecular weight excluding hydrogens is 168 g/mol. The van der Waals surface area contributed by atoms with Gasteiger partial charge in [-0.15, -0.1) is 0 Å². The molecule has 0 saturated carbocycles. The summed E-state index contributed by atoms with van der Waals surface area (Å²) in [5, 5.41) is 11.6. The zero-order valence-electron chi connectivity index (χ0n) is 7.40. The fraction of sp³-hybridized carbons (Fsp3) is 0.500. The first-order valence-electron chi connectivity index (χ1n) is 4.25. The Morgan fingerprint density at radius 1 is 1.38 bits per heavy atom. The van der Waals surface area contributed by atoms with Crippen molar-refractivity contribution in [3.63, 3.8) is 0 Å². The Labute approximate surface area is 77.0 Å². The van der Waals surface area contributed by atoms with E-state index >= 15 is 0 Å². The minimum absolute atomic E-state index is 0.226. The number of unbranched alkanes of at least 4 members (excludes halogenated alkanes) is 1. The van der Waals surface area contributed by atoms with Crippen LogP contribution in [0, 0.1) is 0 Å². The number of aromatic nitrogens is 2. The third kappa shape index (κ3) is 3.71. The normalized spacial score (nSPS) is 9.92. The maximum atomic E-state index is 8.53. The smallest absolute Gasteiger partial charge is 0.146 e. The van der Waals surface area contributed by atoms with Crippen LogP contribution >= 0.6 is 0 Å². The van der Waals surface area contributed by atoms with E-state index in [0.717, 1.165) is 19.4 Å². The van der Waals surface area contributed by atoms with Crippen LogP contribution < -0.4 is 11.1 Å². The van der Waals surface area contributed by atoms with Crippen molar-refractivity contribution in [2.75, 3.05) is 24.2 Å². The molecule has 1 heterocycles. The van der Waals surface area contributed by atoms with Gasteiger partial charge in [-0.2, -0.15) is 0 Å². The summed E-state index contributed by atoms with van der Waals surface area (Å²) in [5.74, 6) is 1.09. The highest BCUT2D eigenvalue weighted by molar-refractivity contribution is 5.37. The maximum absolute atomic E-state index is 8.53. The molecule has 0 aliphatic rings. The average molecular weight is 182 g/mol. The van der Waals surface area contributed by atoms with Gasteiger partial charge in [0, 0.05) is 13.2 Å². The van der Waals surface area contributed by atoms with Gasteiger partial charge in [-0.3, -0.25) is 4.98 Å². The average Bonchev–Trinajstić information content (AvgIpc) is 2.13. The van der Waals surface area contributed by atoms with Gasteiger partial charge < -0.3 is 16.2 Å². The standard InChI is InChI=1S/C8H14N4O/c9-7-5-10-6-8(12-7)11-3-1-2-4-13/h5-6,13H,1-4H2,(H3,9,11,12). The Balaban J connectivity index is 2.28. The van der Waals surface area contributed by atoms with Crippen molar-refractivity contribution in [1.29, 1.82) is 0 Å². The minimum atomic E-state index is 0.226. The third-order valence-electron chi connectivity index (χ3n) is 1.54. The van der Waals surface area contributed by atoms with Gasteiger partial charge >= 0.3 is 0 Å². The summed E-state index contributed by atoms with van der Waals surface area (Å²) >= 11 is 0. The zero-order chi connectivity index (χ0) is 9.52. The summed E-state index contributed by atoms with van der Waals surface area (Å²) in [5.41, 5.74) is 5.44. The number of rotatable bonds is 5. The highest BCUT2D eigenvalue weighted by atomic mass is 16.2. The van der Waals surface area contributed by atoms with Crippen LogP contribution in [-0.2, 0) is 0 Å². The van der Waals surface area contributed by atoms with Gasteiger partial charge in [-0.25, -0.2) is 4.98 Å². The topological polar surface area (TPSA) is 84.1 Å². The van der Waals surface area contributed by atoms with Crippen LogP contribution in [0.1, 0.15) is 12.8 Å². The lowest BCUT2D eigenvalue weighted by Gasteiger charge is -2.03. The van der Waals surface area contributed by atoms with Gasteiger partial charge in [0.15, 0.2) is 0 Å². The van der Waals surface area contributed by atoms with Crippen molar-refractivity contribution in [2.24, 2.45) is 0 Å². The zero-order valence-corrected chi connectivity index (χ0v) is 7.40. The van der Waals surface area contributed by atoms with Crippen molar-refractivity contribution in [1.82, 2.24) is 9.97 Å². The Bertz CT molecular complexity index is 254. The van der Waals surface area contributed by atoms with Crippen LogP contribution in [0.15, 0.2) is 12.4 Å². The quantitative estimate of drug-likeness (QED) is 0.568. The van der Waals surface area contributed by atoms with Crippen LogP contribution in [0.25, 0.3) is 0 Å². The molecule has 13 heavy (non-hydrogen) atoms. The molecule has 5 heteroatoms. The number of aliphatic hydroxyl groups excluding tert-OH is 1. The predicted octanol–water partition coefficient (Wildman–Crippen LogP) is 0.243. The fourth-order valence-corrected chi connectivity index (χ4v) is 0.919. The van der Waals surface area contributed by atoms with E-state index < -0.39 is 0 Å². The van der Waals surface area contributed by atoms with Gasteiger partial charge in [0.05, 0.1) is 12.4 Å². The van der Waals surface area contributed by atoms with E-state index in [2.05, 4.69) is 15.3 Å². The number of hydrogen-bond acceptors (Lipinski definition) is 5. The number of nitrogens with zero attached hydrogens (tertiary/aromatic N) is 2. The fourth-order valence-electron chi connectivity index (χ4n) is 0.919. The van der Waals surface area contributed by atoms with E-state index in [1.807, 2.05) is 0 Å². The highest BCUT2D eigenvalue weighted by Gasteiger charge is 1.93. The molecule has 0 spiro atoms. The van der Waals surface area contributed by atoms with Crippen LogP contribution in [0.4, 0.5) is 11.6 Å². The summed E-state index contributed by atoms with van der Waals surface area (Å²) in [6.45, 7) is 1.00. The summed E-state index contributed by atoms with van der Waals surface area (Å²) in [6, 6.07) is 0. The van der Waals surface area contributed by atoms with Gasteiger partial charge in [0.2, 0.25) is 0 Å². The number of anilines is 2. The molecule has 0 unspecified atom stereocenters. The number of nitrogens with two attached hydrogens (primary N) is 1. The van der Waals surface area contributed by atoms with Crippen LogP contribution in [0.3, 0.4) is 0 Å². The molecule has 0 amide bonds. The number of hydrogen-bond donors (Lipinski definition) is 3. The van der Waals surface area contributed by atoms with Crippen LogP contribution in [-0.4, -0.2) is 28.2 Å². The summed E-state index contributed by atoms with van der Waals surface area (Å²) in [6.07, 6.45) is 4.82. The maximum Gasteiger partial charge on any atom is 0.146 e. The molecule has 4 N–H and O–H groups in total. The predicted molar refractivity (Wildman–Crippen MR) is 51.3 cm³/mol. The summed E-state index contributed by atoms with van der Waals surface area (Å²) in [4.78, 5) is 7.90. The number of nitrogens with one attached hydrogen (secondary N) is 1. The summed E-state index contributed by atoms with van der Waals surface area (Å²) in [7, 11) is 0. The van der Waals surface area contributed by atoms with Crippen molar-refractivity contribution >= 4 is 11.6 Å². The monoisotopic (exact) mass is 182 g/mol. The van der Waals surface area contributed by atoms with Crippen LogP contribution in [0.5, 0.6) is 0 Å². The molecule has 0 fully saturated rings. The minimum Gasteiger partial charge on any atom is -0.396 e. The lowest BCUT2D eigenvalue weighted by Crippen LogP contribution is -2.05. The highest BCUT2D eigenvalue weighted by Crippen LogP contribution is 2.02. The Morgan fingerprint density at radius 2 is 2.23 bits per heavy atom.